The van der Waals surface area contributed by atoms with Crippen LogP contribution in [0.1, 0.15) is 5.56 Å². The van der Waals surface area contributed by atoms with Crippen molar-refractivity contribution in [3.63, 3.8) is 0 Å². The second kappa shape index (κ2) is 3.63. The molecular formula is C10H13FN2O. The van der Waals surface area contributed by atoms with Crippen molar-refractivity contribution < 1.29 is 9.13 Å². The fourth-order valence-corrected chi connectivity index (χ4v) is 1.63. The van der Waals surface area contributed by atoms with Gasteiger partial charge < -0.3 is 10.1 Å². The average Bonchev–Trinajstić information content (AvgIpc) is 2.15. The van der Waals surface area contributed by atoms with E-state index in [1.165, 1.54) is 6.07 Å². The van der Waals surface area contributed by atoms with Crippen LogP contribution in [0, 0.1) is 5.95 Å². The molecule has 1 aromatic rings. The highest BCUT2D eigenvalue weighted by Crippen LogP contribution is 2.21. The molecule has 0 spiro atoms. The van der Waals surface area contributed by atoms with Crippen molar-refractivity contribution in [2.45, 2.75) is 12.0 Å². The number of pyridine rings is 1. The minimum Gasteiger partial charge on any atom is -0.375 e. The van der Waals surface area contributed by atoms with Crippen LogP contribution in [0.3, 0.4) is 0 Å². The van der Waals surface area contributed by atoms with Crippen LogP contribution in [0.4, 0.5) is 4.39 Å². The van der Waals surface area contributed by atoms with Gasteiger partial charge in [0, 0.05) is 32.8 Å². The summed E-state index contributed by atoms with van der Waals surface area (Å²) < 4.78 is 18.0. The number of aromatic nitrogens is 1. The summed E-state index contributed by atoms with van der Waals surface area (Å²) in [6, 6.07) is 3.13. The smallest absolute Gasteiger partial charge is 0.212 e. The molecule has 1 aliphatic rings. The van der Waals surface area contributed by atoms with Crippen LogP contribution in [0.2, 0.25) is 0 Å². The Morgan fingerprint density at radius 2 is 2.36 bits per heavy atom. The minimum absolute atomic E-state index is 0.112. The maximum absolute atomic E-state index is 12.5. The van der Waals surface area contributed by atoms with Gasteiger partial charge in [0.1, 0.15) is 0 Å². The predicted molar refractivity (Wildman–Crippen MR) is 50.5 cm³/mol. The summed E-state index contributed by atoms with van der Waals surface area (Å²) in [6.07, 6.45) is 2.35. The van der Waals surface area contributed by atoms with Crippen molar-refractivity contribution in [1.82, 2.24) is 10.3 Å². The minimum atomic E-state index is -0.438. The summed E-state index contributed by atoms with van der Waals surface area (Å²) in [6.45, 7) is 1.70. The molecule has 76 valence electrons. The molecule has 0 unspecified atom stereocenters. The molecule has 4 heteroatoms. The number of methoxy groups -OCH3 is 1. The van der Waals surface area contributed by atoms with Crippen molar-refractivity contribution >= 4 is 0 Å². The van der Waals surface area contributed by atoms with Gasteiger partial charge in [-0.2, -0.15) is 4.39 Å². The molecule has 0 atom stereocenters. The van der Waals surface area contributed by atoms with E-state index in [4.69, 9.17) is 4.74 Å². The highest BCUT2D eigenvalue weighted by Gasteiger charge is 2.36. The van der Waals surface area contributed by atoms with E-state index < -0.39 is 5.95 Å². The van der Waals surface area contributed by atoms with Gasteiger partial charge >= 0.3 is 0 Å². The van der Waals surface area contributed by atoms with Crippen LogP contribution >= 0.6 is 0 Å². The third-order valence-electron chi connectivity index (χ3n) is 2.64. The lowest BCUT2D eigenvalue weighted by Gasteiger charge is -2.41. The first-order valence-corrected chi connectivity index (χ1v) is 4.60. The van der Waals surface area contributed by atoms with Crippen LogP contribution in [0.5, 0.6) is 0 Å². The Morgan fingerprint density at radius 3 is 2.79 bits per heavy atom. The number of nitrogens with zero attached hydrogens (tertiary/aromatic N) is 1. The standard InChI is InChI=1S/C10H13FN2O/c1-14-10(6-12-7-10)4-8-2-3-9(11)13-5-8/h2-3,5,12H,4,6-7H2,1H3. The number of ether oxygens (including phenoxy) is 1. The van der Waals surface area contributed by atoms with Crippen LogP contribution in [0.25, 0.3) is 0 Å². The zero-order chi connectivity index (χ0) is 10.0. The van der Waals surface area contributed by atoms with Crippen molar-refractivity contribution in [3.8, 4) is 0 Å². The van der Waals surface area contributed by atoms with Gasteiger partial charge in [-0.3, -0.25) is 0 Å². The SMILES string of the molecule is COC1(Cc2ccc(F)nc2)CNC1. The Morgan fingerprint density at radius 1 is 1.57 bits per heavy atom. The van der Waals surface area contributed by atoms with Crippen LogP contribution in [-0.2, 0) is 11.2 Å². The molecule has 0 aliphatic carbocycles. The molecule has 0 saturated carbocycles. The predicted octanol–water partition coefficient (Wildman–Crippen LogP) is 0.752. The molecule has 2 heterocycles. The Balaban J connectivity index is 2.06. The van der Waals surface area contributed by atoms with Gasteiger partial charge in [-0.15, -0.1) is 0 Å². The fraction of sp³-hybridized carbons (Fsp3) is 0.500. The Hall–Kier alpha value is -1.00. The van der Waals surface area contributed by atoms with E-state index in [-0.39, 0.29) is 5.60 Å². The van der Waals surface area contributed by atoms with Crippen molar-refractivity contribution in [1.29, 1.82) is 0 Å². The van der Waals surface area contributed by atoms with Gasteiger partial charge in [0.2, 0.25) is 5.95 Å². The molecular weight excluding hydrogens is 183 g/mol. The van der Waals surface area contributed by atoms with Gasteiger partial charge in [-0.05, 0) is 11.6 Å². The summed E-state index contributed by atoms with van der Waals surface area (Å²) in [7, 11) is 1.71. The first kappa shape index (κ1) is 9.55. The quantitative estimate of drug-likeness (QED) is 0.724. The Kier molecular flexibility index (Phi) is 2.48. The van der Waals surface area contributed by atoms with Gasteiger partial charge in [0.15, 0.2) is 0 Å². The average molecular weight is 196 g/mol. The normalized spacial score (nSPS) is 19.0. The highest BCUT2D eigenvalue weighted by atomic mass is 19.1. The van der Waals surface area contributed by atoms with Crippen LogP contribution in [0.15, 0.2) is 18.3 Å². The van der Waals surface area contributed by atoms with E-state index in [1.807, 2.05) is 0 Å². The fourth-order valence-electron chi connectivity index (χ4n) is 1.63. The lowest BCUT2D eigenvalue weighted by Crippen LogP contribution is -2.61. The molecule has 1 saturated heterocycles. The molecule has 14 heavy (non-hydrogen) atoms. The lowest BCUT2D eigenvalue weighted by molar-refractivity contribution is -0.0502. The number of nitrogens with one attached hydrogen (secondary N) is 1. The molecule has 2 rings (SSSR count). The number of hydrogen-bond acceptors (Lipinski definition) is 3. The van der Waals surface area contributed by atoms with Crippen LogP contribution in [-0.4, -0.2) is 30.8 Å². The second-order valence-corrected chi connectivity index (χ2v) is 3.66. The maximum atomic E-state index is 12.5. The number of halogens is 1. The number of hydrogen-bond donors (Lipinski definition) is 1. The first-order chi connectivity index (χ1) is 6.74. The molecule has 1 N–H and O–H groups in total. The highest BCUT2D eigenvalue weighted by molar-refractivity contribution is 5.15. The van der Waals surface area contributed by atoms with Gasteiger partial charge in [0.05, 0.1) is 5.60 Å². The van der Waals surface area contributed by atoms with E-state index in [9.17, 15) is 4.39 Å². The Labute approximate surface area is 82.3 Å². The van der Waals surface area contributed by atoms with Crippen LogP contribution < -0.4 is 5.32 Å². The van der Waals surface area contributed by atoms with E-state index >= 15 is 0 Å². The van der Waals surface area contributed by atoms with Crippen molar-refractivity contribution in [2.75, 3.05) is 20.2 Å². The van der Waals surface area contributed by atoms with E-state index in [0.717, 1.165) is 25.1 Å². The molecule has 0 aromatic carbocycles. The third-order valence-corrected chi connectivity index (χ3v) is 2.64. The van der Waals surface area contributed by atoms with E-state index in [0.29, 0.717) is 0 Å². The molecule has 0 amide bonds. The van der Waals surface area contributed by atoms with Gasteiger partial charge in [-0.1, -0.05) is 6.07 Å². The monoisotopic (exact) mass is 196 g/mol. The van der Waals surface area contributed by atoms with Crippen molar-refractivity contribution in [2.24, 2.45) is 0 Å². The van der Waals surface area contributed by atoms with Gasteiger partial charge in [-0.25, -0.2) is 4.98 Å². The Bertz CT molecular complexity index is 303. The third kappa shape index (κ3) is 1.76. The zero-order valence-electron chi connectivity index (χ0n) is 8.09. The topological polar surface area (TPSA) is 34.1 Å². The summed E-state index contributed by atoms with van der Waals surface area (Å²) in [5.74, 6) is -0.438. The summed E-state index contributed by atoms with van der Waals surface area (Å²) in [5.41, 5.74) is 0.897. The molecule has 0 radical (unpaired) electrons. The van der Waals surface area contributed by atoms with Gasteiger partial charge in [0.25, 0.3) is 0 Å². The first-order valence-electron chi connectivity index (χ1n) is 4.60. The molecule has 1 aromatic heterocycles. The molecule has 0 bridgehead atoms. The molecule has 3 nitrogen and oxygen atoms in total. The molecule has 1 aliphatic heterocycles. The second-order valence-electron chi connectivity index (χ2n) is 3.66. The largest absolute Gasteiger partial charge is 0.375 e. The maximum Gasteiger partial charge on any atom is 0.212 e. The van der Waals surface area contributed by atoms with Crippen molar-refractivity contribution in [3.05, 3.63) is 29.8 Å². The van der Waals surface area contributed by atoms with E-state index in [2.05, 4.69) is 10.3 Å². The summed E-state index contributed by atoms with van der Waals surface area (Å²) >= 11 is 0. The lowest BCUT2D eigenvalue weighted by atomic mass is 9.89. The summed E-state index contributed by atoms with van der Waals surface area (Å²) in [4.78, 5) is 3.61. The summed E-state index contributed by atoms with van der Waals surface area (Å²) in [5, 5.41) is 3.17. The zero-order valence-corrected chi connectivity index (χ0v) is 8.09. The number of rotatable bonds is 3. The van der Waals surface area contributed by atoms with E-state index in [1.54, 1.807) is 19.4 Å². The molecule has 1 fully saturated rings.